The minimum absolute atomic E-state index is 0.591. The Bertz CT molecular complexity index is 140. The van der Waals surface area contributed by atoms with Crippen LogP contribution in [0.5, 0.6) is 0 Å². The van der Waals surface area contributed by atoms with Crippen molar-refractivity contribution < 1.29 is 5.11 Å². The van der Waals surface area contributed by atoms with Gasteiger partial charge in [0.05, 0.1) is 5.76 Å². The minimum atomic E-state index is 0.591. The standard InChI is InChI=1S/C7H13NO/c1-6-5-8(2)4-3-7(6)9/h9H,3-5H2,1-2H3. The molecule has 0 aromatic rings. The van der Waals surface area contributed by atoms with E-state index in [0.29, 0.717) is 5.76 Å². The normalized spacial score (nSPS) is 22.9. The molecule has 0 amide bonds. The second kappa shape index (κ2) is 2.40. The van der Waals surface area contributed by atoms with Gasteiger partial charge in [0.2, 0.25) is 0 Å². The third kappa shape index (κ3) is 1.45. The van der Waals surface area contributed by atoms with Crippen LogP contribution in [0.25, 0.3) is 0 Å². The summed E-state index contributed by atoms with van der Waals surface area (Å²) in [6.45, 7) is 3.89. The highest BCUT2D eigenvalue weighted by atomic mass is 16.3. The van der Waals surface area contributed by atoms with E-state index < -0.39 is 0 Å². The van der Waals surface area contributed by atoms with Crippen LogP contribution in [0.3, 0.4) is 0 Å². The SMILES string of the molecule is CC1=C(O)CCN(C)C1. The van der Waals surface area contributed by atoms with Gasteiger partial charge in [0.15, 0.2) is 0 Å². The molecule has 52 valence electrons. The molecule has 0 saturated carbocycles. The zero-order chi connectivity index (χ0) is 6.85. The van der Waals surface area contributed by atoms with Crippen molar-refractivity contribution in [2.75, 3.05) is 20.1 Å². The molecule has 0 unspecified atom stereocenters. The number of hydrogen-bond acceptors (Lipinski definition) is 2. The van der Waals surface area contributed by atoms with Crippen LogP contribution in [-0.4, -0.2) is 30.1 Å². The Morgan fingerprint density at radius 2 is 2.22 bits per heavy atom. The molecule has 1 rings (SSSR count). The van der Waals surface area contributed by atoms with Crippen molar-refractivity contribution >= 4 is 0 Å². The Morgan fingerprint density at radius 3 is 2.67 bits per heavy atom. The van der Waals surface area contributed by atoms with Gasteiger partial charge >= 0.3 is 0 Å². The van der Waals surface area contributed by atoms with Gasteiger partial charge in [-0.2, -0.15) is 0 Å². The molecule has 1 aliphatic rings. The monoisotopic (exact) mass is 127 g/mol. The molecule has 0 aromatic carbocycles. The predicted molar refractivity (Wildman–Crippen MR) is 37.4 cm³/mol. The molecule has 0 radical (unpaired) electrons. The molecule has 1 heterocycles. The van der Waals surface area contributed by atoms with Crippen LogP contribution in [0.1, 0.15) is 13.3 Å². The molecule has 0 saturated heterocycles. The molecule has 0 bridgehead atoms. The van der Waals surface area contributed by atoms with E-state index in [1.54, 1.807) is 0 Å². The van der Waals surface area contributed by atoms with Gasteiger partial charge in [0, 0.05) is 19.5 Å². The van der Waals surface area contributed by atoms with Gasteiger partial charge in [-0.1, -0.05) is 0 Å². The van der Waals surface area contributed by atoms with Gasteiger partial charge in [-0.3, -0.25) is 0 Å². The Balaban J connectivity index is 2.61. The van der Waals surface area contributed by atoms with Crippen LogP contribution < -0.4 is 0 Å². The first kappa shape index (κ1) is 6.62. The first-order valence-electron chi connectivity index (χ1n) is 3.26. The van der Waals surface area contributed by atoms with E-state index in [9.17, 15) is 0 Å². The van der Waals surface area contributed by atoms with E-state index >= 15 is 0 Å². The summed E-state index contributed by atoms with van der Waals surface area (Å²) in [6.07, 6.45) is 0.822. The molecule has 0 fully saturated rings. The van der Waals surface area contributed by atoms with Crippen molar-refractivity contribution in [2.24, 2.45) is 0 Å². The van der Waals surface area contributed by atoms with Gasteiger partial charge in [0.25, 0.3) is 0 Å². The molecule has 2 heteroatoms. The highest BCUT2D eigenvalue weighted by molar-refractivity contribution is 5.09. The molecular formula is C7H13NO. The fraction of sp³-hybridized carbons (Fsp3) is 0.714. The van der Waals surface area contributed by atoms with Crippen LogP contribution in [-0.2, 0) is 0 Å². The Labute approximate surface area is 55.8 Å². The number of aliphatic hydroxyl groups is 1. The van der Waals surface area contributed by atoms with Crippen LogP contribution in [0.4, 0.5) is 0 Å². The third-order valence-corrected chi connectivity index (χ3v) is 1.73. The number of likely N-dealkylation sites (N-methyl/N-ethyl adjacent to an activating group) is 1. The molecule has 2 nitrogen and oxygen atoms in total. The van der Waals surface area contributed by atoms with Crippen molar-refractivity contribution in [3.8, 4) is 0 Å². The zero-order valence-electron chi connectivity index (χ0n) is 6.02. The van der Waals surface area contributed by atoms with Gasteiger partial charge in [-0.15, -0.1) is 0 Å². The average molecular weight is 127 g/mol. The number of nitrogens with zero attached hydrogens (tertiary/aromatic N) is 1. The van der Waals surface area contributed by atoms with E-state index in [0.717, 1.165) is 25.1 Å². The van der Waals surface area contributed by atoms with Crippen molar-refractivity contribution in [3.63, 3.8) is 0 Å². The first-order valence-corrected chi connectivity index (χ1v) is 3.26. The molecule has 0 atom stereocenters. The van der Waals surface area contributed by atoms with Gasteiger partial charge in [-0.05, 0) is 19.5 Å². The number of rotatable bonds is 0. The molecule has 1 aliphatic heterocycles. The van der Waals surface area contributed by atoms with E-state index in [1.165, 1.54) is 0 Å². The summed E-state index contributed by atoms with van der Waals surface area (Å²) >= 11 is 0. The molecular weight excluding hydrogens is 114 g/mol. The fourth-order valence-corrected chi connectivity index (χ4v) is 1.09. The predicted octanol–water partition coefficient (Wildman–Crippen LogP) is 1.15. The Morgan fingerprint density at radius 1 is 1.56 bits per heavy atom. The largest absolute Gasteiger partial charge is 0.512 e. The van der Waals surface area contributed by atoms with Gasteiger partial charge in [0.1, 0.15) is 0 Å². The molecule has 9 heavy (non-hydrogen) atoms. The summed E-state index contributed by atoms with van der Waals surface area (Å²) in [5, 5.41) is 9.15. The summed E-state index contributed by atoms with van der Waals surface area (Å²) < 4.78 is 0. The summed E-state index contributed by atoms with van der Waals surface area (Å²) in [5.41, 5.74) is 1.11. The van der Waals surface area contributed by atoms with Crippen LogP contribution >= 0.6 is 0 Å². The maximum absolute atomic E-state index is 9.15. The van der Waals surface area contributed by atoms with Crippen LogP contribution in [0.2, 0.25) is 0 Å². The third-order valence-electron chi connectivity index (χ3n) is 1.73. The van der Waals surface area contributed by atoms with E-state index in [2.05, 4.69) is 11.9 Å². The smallest absolute Gasteiger partial charge is 0.0937 e. The summed E-state index contributed by atoms with van der Waals surface area (Å²) in [5.74, 6) is 0.591. The summed E-state index contributed by atoms with van der Waals surface area (Å²) in [7, 11) is 2.07. The Kier molecular flexibility index (Phi) is 1.76. The Hall–Kier alpha value is -0.500. The summed E-state index contributed by atoms with van der Waals surface area (Å²) in [6, 6.07) is 0. The molecule has 0 aliphatic carbocycles. The molecule has 0 aromatic heterocycles. The van der Waals surface area contributed by atoms with Crippen molar-refractivity contribution in [3.05, 3.63) is 11.3 Å². The number of hydrogen-bond donors (Lipinski definition) is 1. The fourth-order valence-electron chi connectivity index (χ4n) is 1.09. The minimum Gasteiger partial charge on any atom is -0.512 e. The lowest BCUT2D eigenvalue weighted by Crippen LogP contribution is -2.26. The first-order chi connectivity index (χ1) is 4.20. The van der Waals surface area contributed by atoms with Crippen molar-refractivity contribution in [1.82, 2.24) is 4.90 Å². The maximum Gasteiger partial charge on any atom is 0.0937 e. The second-order valence-electron chi connectivity index (χ2n) is 2.71. The highest BCUT2D eigenvalue weighted by Gasteiger charge is 2.10. The molecule has 1 N–H and O–H groups in total. The van der Waals surface area contributed by atoms with Gasteiger partial charge in [-0.25, -0.2) is 0 Å². The highest BCUT2D eigenvalue weighted by Crippen LogP contribution is 2.12. The van der Waals surface area contributed by atoms with E-state index in [4.69, 9.17) is 5.11 Å². The van der Waals surface area contributed by atoms with Gasteiger partial charge < -0.3 is 10.0 Å². The maximum atomic E-state index is 9.15. The summed E-state index contributed by atoms with van der Waals surface area (Å²) in [4.78, 5) is 2.20. The quantitative estimate of drug-likeness (QED) is 0.527. The topological polar surface area (TPSA) is 23.5 Å². The van der Waals surface area contributed by atoms with Crippen molar-refractivity contribution in [1.29, 1.82) is 0 Å². The van der Waals surface area contributed by atoms with E-state index in [1.807, 2.05) is 6.92 Å². The lowest BCUT2D eigenvalue weighted by molar-refractivity contribution is 0.281. The van der Waals surface area contributed by atoms with Crippen LogP contribution in [0.15, 0.2) is 11.3 Å². The lowest BCUT2D eigenvalue weighted by atomic mass is 10.1. The number of aliphatic hydroxyl groups excluding tert-OH is 1. The lowest BCUT2D eigenvalue weighted by Gasteiger charge is -2.22. The van der Waals surface area contributed by atoms with E-state index in [-0.39, 0.29) is 0 Å². The zero-order valence-corrected chi connectivity index (χ0v) is 6.02. The molecule has 0 spiro atoms. The average Bonchev–Trinajstić information content (AvgIpc) is 1.80. The van der Waals surface area contributed by atoms with Crippen molar-refractivity contribution in [2.45, 2.75) is 13.3 Å². The van der Waals surface area contributed by atoms with Crippen LogP contribution in [0, 0.1) is 0 Å². The second-order valence-corrected chi connectivity index (χ2v) is 2.71.